The van der Waals surface area contributed by atoms with Crippen molar-refractivity contribution < 1.29 is 23.8 Å². The highest BCUT2D eigenvalue weighted by Gasteiger charge is 2.16. The number of rotatable bonds is 7. The van der Waals surface area contributed by atoms with Crippen LogP contribution in [0.4, 0.5) is 0 Å². The van der Waals surface area contributed by atoms with Crippen molar-refractivity contribution in [2.45, 2.75) is 13.0 Å². The van der Waals surface area contributed by atoms with Gasteiger partial charge in [-0.25, -0.2) is 4.79 Å². The van der Waals surface area contributed by atoms with Gasteiger partial charge in [0.25, 0.3) is 5.91 Å². The molecule has 0 radical (unpaired) electrons. The molecule has 6 nitrogen and oxygen atoms in total. The van der Waals surface area contributed by atoms with Crippen molar-refractivity contribution in [2.75, 3.05) is 20.8 Å². The number of carbonyl (C=O) groups is 2. The number of nitrogens with one attached hydrogen (secondary N) is 1. The van der Waals surface area contributed by atoms with Crippen LogP contribution in [0.25, 0.3) is 0 Å². The molecule has 0 aliphatic rings. The quantitative estimate of drug-likeness (QED) is 0.748. The lowest BCUT2D eigenvalue weighted by Gasteiger charge is -2.15. The van der Waals surface area contributed by atoms with Crippen molar-refractivity contribution >= 4 is 23.5 Å². The molecule has 2 aromatic carbocycles. The van der Waals surface area contributed by atoms with Gasteiger partial charge in [0.1, 0.15) is 11.5 Å². The van der Waals surface area contributed by atoms with Crippen LogP contribution in [0.3, 0.4) is 0 Å². The third-order valence-electron chi connectivity index (χ3n) is 3.67. The van der Waals surface area contributed by atoms with Crippen LogP contribution in [-0.2, 0) is 9.53 Å². The van der Waals surface area contributed by atoms with Gasteiger partial charge in [0.15, 0.2) is 6.61 Å². The molecule has 0 aliphatic heterocycles. The predicted molar refractivity (Wildman–Crippen MR) is 97.8 cm³/mol. The zero-order valence-electron chi connectivity index (χ0n) is 14.7. The zero-order chi connectivity index (χ0) is 19.1. The number of esters is 1. The summed E-state index contributed by atoms with van der Waals surface area (Å²) in [6.07, 6.45) is 0. The summed E-state index contributed by atoms with van der Waals surface area (Å²) in [5.74, 6) is -0.176. The maximum atomic E-state index is 12.2. The summed E-state index contributed by atoms with van der Waals surface area (Å²) < 4.78 is 15.3. The van der Waals surface area contributed by atoms with E-state index in [1.807, 2.05) is 18.2 Å². The molecule has 0 aliphatic carbocycles. The highest BCUT2D eigenvalue weighted by molar-refractivity contribution is 6.31. The molecule has 26 heavy (non-hydrogen) atoms. The van der Waals surface area contributed by atoms with Gasteiger partial charge in [0.2, 0.25) is 0 Å². The molecule has 2 rings (SSSR count). The average molecular weight is 378 g/mol. The number of benzene rings is 2. The largest absolute Gasteiger partial charge is 0.497 e. The van der Waals surface area contributed by atoms with E-state index in [1.54, 1.807) is 19.1 Å². The SMILES string of the molecule is COc1cc(OC)cc(C(=O)OCC(=O)N[C@H](C)c2ccccc2Cl)c1. The van der Waals surface area contributed by atoms with Crippen molar-refractivity contribution in [3.63, 3.8) is 0 Å². The van der Waals surface area contributed by atoms with Gasteiger partial charge in [-0.05, 0) is 30.7 Å². The van der Waals surface area contributed by atoms with E-state index >= 15 is 0 Å². The second-order valence-corrected chi connectivity index (χ2v) is 5.90. The fraction of sp³-hybridized carbons (Fsp3) is 0.263. The molecular formula is C19H20ClNO5. The highest BCUT2D eigenvalue weighted by atomic mass is 35.5. The third-order valence-corrected chi connectivity index (χ3v) is 4.01. The van der Waals surface area contributed by atoms with Gasteiger partial charge in [-0.1, -0.05) is 29.8 Å². The van der Waals surface area contributed by atoms with Crippen LogP contribution in [0, 0.1) is 0 Å². The van der Waals surface area contributed by atoms with Crippen LogP contribution in [0.15, 0.2) is 42.5 Å². The standard InChI is InChI=1S/C19H20ClNO5/c1-12(16-6-4-5-7-17(16)20)21-18(22)11-26-19(23)13-8-14(24-2)10-15(9-13)25-3/h4-10,12H,11H2,1-3H3,(H,21,22)/t12-/m1/s1. The van der Waals surface area contributed by atoms with Crippen LogP contribution >= 0.6 is 11.6 Å². The number of hydrogen-bond acceptors (Lipinski definition) is 5. The lowest BCUT2D eigenvalue weighted by Crippen LogP contribution is -2.31. The number of methoxy groups -OCH3 is 2. The molecule has 1 amide bonds. The topological polar surface area (TPSA) is 73.9 Å². The first-order valence-corrected chi connectivity index (χ1v) is 8.26. The van der Waals surface area contributed by atoms with E-state index in [2.05, 4.69) is 5.32 Å². The molecule has 138 valence electrons. The van der Waals surface area contributed by atoms with Gasteiger partial charge < -0.3 is 19.5 Å². The molecule has 0 saturated carbocycles. The Morgan fingerprint density at radius 1 is 1.08 bits per heavy atom. The van der Waals surface area contributed by atoms with Crippen molar-refractivity contribution in [2.24, 2.45) is 0 Å². The van der Waals surface area contributed by atoms with Crippen LogP contribution in [0.1, 0.15) is 28.9 Å². The molecule has 0 bridgehead atoms. The number of carbonyl (C=O) groups excluding carboxylic acids is 2. The second kappa shape index (κ2) is 9.10. The molecule has 1 N–H and O–H groups in total. The number of halogens is 1. The first-order chi connectivity index (χ1) is 12.4. The fourth-order valence-electron chi connectivity index (χ4n) is 2.33. The first-order valence-electron chi connectivity index (χ1n) is 7.88. The summed E-state index contributed by atoms with van der Waals surface area (Å²) in [7, 11) is 2.96. The fourth-order valence-corrected chi connectivity index (χ4v) is 2.63. The van der Waals surface area contributed by atoms with Crippen LogP contribution in [0.5, 0.6) is 11.5 Å². The Bertz CT molecular complexity index is 771. The lowest BCUT2D eigenvalue weighted by atomic mass is 10.1. The number of amides is 1. The molecule has 1 atom stereocenters. The molecular weight excluding hydrogens is 358 g/mol. The summed E-state index contributed by atoms with van der Waals surface area (Å²) >= 11 is 6.11. The summed E-state index contributed by atoms with van der Waals surface area (Å²) in [4.78, 5) is 24.2. The molecule has 0 heterocycles. The van der Waals surface area contributed by atoms with E-state index in [-0.39, 0.29) is 11.6 Å². The first kappa shape index (κ1) is 19.6. The summed E-state index contributed by atoms with van der Waals surface area (Å²) in [5, 5.41) is 3.30. The van der Waals surface area contributed by atoms with Gasteiger partial charge in [-0.2, -0.15) is 0 Å². The summed E-state index contributed by atoms with van der Waals surface area (Å²) in [6.45, 7) is 1.39. The van der Waals surface area contributed by atoms with Crippen molar-refractivity contribution in [3.8, 4) is 11.5 Å². The third kappa shape index (κ3) is 5.13. The Kier molecular flexibility index (Phi) is 6.86. The minimum absolute atomic E-state index is 0.230. The molecule has 2 aromatic rings. The Balaban J connectivity index is 1.95. The van der Waals surface area contributed by atoms with Crippen molar-refractivity contribution in [3.05, 3.63) is 58.6 Å². The zero-order valence-corrected chi connectivity index (χ0v) is 15.5. The normalized spacial score (nSPS) is 11.4. The highest BCUT2D eigenvalue weighted by Crippen LogP contribution is 2.23. The number of ether oxygens (including phenoxy) is 3. The monoisotopic (exact) mass is 377 g/mol. The maximum absolute atomic E-state index is 12.2. The minimum atomic E-state index is -0.650. The lowest BCUT2D eigenvalue weighted by molar-refractivity contribution is -0.124. The minimum Gasteiger partial charge on any atom is -0.497 e. The van der Waals surface area contributed by atoms with E-state index in [0.717, 1.165) is 5.56 Å². The van der Waals surface area contributed by atoms with Crippen molar-refractivity contribution in [1.29, 1.82) is 0 Å². The Morgan fingerprint density at radius 3 is 2.27 bits per heavy atom. The Morgan fingerprint density at radius 2 is 1.69 bits per heavy atom. The smallest absolute Gasteiger partial charge is 0.338 e. The van der Waals surface area contributed by atoms with Gasteiger partial charge >= 0.3 is 5.97 Å². The molecule has 0 fully saturated rings. The number of hydrogen-bond donors (Lipinski definition) is 1. The van der Waals surface area contributed by atoms with E-state index in [1.165, 1.54) is 26.4 Å². The van der Waals surface area contributed by atoms with Gasteiger partial charge in [0, 0.05) is 11.1 Å². The van der Waals surface area contributed by atoms with E-state index in [0.29, 0.717) is 16.5 Å². The summed E-state index contributed by atoms with van der Waals surface area (Å²) in [5.41, 5.74) is 1.01. The van der Waals surface area contributed by atoms with E-state index < -0.39 is 18.5 Å². The molecule has 0 saturated heterocycles. The Labute approximate surface area is 157 Å². The van der Waals surface area contributed by atoms with Gasteiger partial charge in [0.05, 0.1) is 25.8 Å². The Hall–Kier alpha value is -2.73. The molecule has 0 spiro atoms. The molecule has 7 heteroatoms. The molecule has 0 unspecified atom stereocenters. The molecule has 0 aromatic heterocycles. The van der Waals surface area contributed by atoms with E-state index in [9.17, 15) is 9.59 Å². The van der Waals surface area contributed by atoms with E-state index in [4.69, 9.17) is 25.8 Å². The van der Waals surface area contributed by atoms with Crippen molar-refractivity contribution in [1.82, 2.24) is 5.32 Å². The summed E-state index contributed by atoms with van der Waals surface area (Å²) in [6, 6.07) is 11.5. The van der Waals surface area contributed by atoms with Gasteiger partial charge in [-0.3, -0.25) is 4.79 Å². The van der Waals surface area contributed by atoms with Crippen LogP contribution in [-0.4, -0.2) is 32.7 Å². The van der Waals surface area contributed by atoms with Crippen LogP contribution in [0.2, 0.25) is 5.02 Å². The average Bonchev–Trinajstić information content (AvgIpc) is 2.65. The maximum Gasteiger partial charge on any atom is 0.338 e. The predicted octanol–water partition coefficient (Wildman–Crippen LogP) is 3.39. The second-order valence-electron chi connectivity index (χ2n) is 5.49. The van der Waals surface area contributed by atoms with Gasteiger partial charge in [-0.15, -0.1) is 0 Å². The van der Waals surface area contributed by atoms with Crippen LogP contribution < -0.4 is 14.8 Å².